The number of hydrogen-bond acceptors (Lipinski definition) is 7. The molecule has 3 aromatic rings. The molecule has 1 spiro atoms. The molecule has 2 heterocycles. The first kappa shape index (κ1) is 27.7. The van der Waals surface area contributed by atoms with E-state index in [0.29, 0.717) is 33.7 Å². The highest BCUT2D eigenvalue weighted by Crippen LogP contribution is 2.63. The highest BCUT2D eigenvalue weighted by molar-refractivity contribution is 6.32. The van der Waals surface area contributed by atoms with Crippen LogP contribution in [0.5, 0.6) is 17.2 Å². The van der Waals surface area contributed by atoms with Gasteiger partial charge in [0.1, 0.15) is 11.2 Å². The zero-order valence-electron chi connectivity index (χ0n) is 24.4. The van der Waals surface area contributed by atoms with E-state index in [0.717, 1.165) is 0 Å². The number of benzene rings is 3. The van der Waals surface area contributed by atoms with Gasteiger partial charge in [0.2, 0.25) is 5.75 Å². The maximum Gasteiger partial charge on any atom is 0.203 e. The predicted octanol–water partition coefficient (Wildman–Crippen LogP) is 5.90. The van der Waals surface area contributed by atoms with Gasteiger partial charge in [-0.3, -0.25) is 14.4 Å². The van der Waals surface area contributed by atoms with E-state index in [1.165, 1.54) is 33.5 Å². The molecular weight excluding hydrogens is 537 g/mol. The van der Waals surface area contributed by atoms with Crippen molar-refractivity contribution >= 4 is 29.1 Å². The van der Waals surface area contributed by atoms with E-state index in [-0.39, 0.29) is 28.8 Å². The Morgan fingerprint density at radius 3 is 2.10 bits per heavy atom. The Balaban J connectivity index is 1.75. The summed E-state index contributed by atoms with van der Waals surface area (Å²) in [7, 11) is 4.45. The first-order valence-electron chi connectivity index (χ1n) is 13.8. The highest BCUT2D eigenvalue weighted by Gasteiger charge is 2.72. The lowest BCUT2D eigenvalue weighted by Gasteiger charge is -2.38. The minimum atomic E-state index is -1.72. The maximum absolute atomic E-state index is 14.8. The van der Waals surface area contributed by atoms with Gasteiger partial charge in [0, 0.05) is 39.3 Å². The molecule has 0 unspecified atom stereocenters. The van der Waals surface area contributed by atoms with E-state index in [2.05, 4.69) is 0 Å². The molecule has 1 aliphatic carbocycles. The molecule has 216 valence electrons. The molecule has 7 nitrogen and oxygen atoms in total. The van der Waals surface area contributed by atoms with Crippen LogP contribution in [0.15, 0.2) is 60.7 Å². The summed E-state index contributed by atoms with van der Waals surface area (Å²) in [6, 6.07) is 12.7. The van der Waals surface area contributed by atoms with Gasteiger partial charge < -0.3 is 19.1 Å². The van der Waals surface area contributed by atoms with Gasteiger partial charge in [0.25, 0.3) is 0 Å². The third kappa shape index (κ3) is 3.53. The Hall–Kier alpha value is -4.46. The van der Waals surface area contributed by atoms with E-state index in [1.807, 2.05) is 25.7 Å². The molecule has 3 aliphatic rings. The summed E-state index contributed by atoms with van der Waals surface area (Å²) in [5.41, 5.74) is -0.346. The summed E-state index contributed by atoms with van der Waals surface area (Å²) in [6.07, 6.45) is 3.50. The van der Waals surface area contributed by atoms with Crippen molar-refractivity contribution in [3.63, 3.8) is 0 Å². The zero-order valence-corrected chi connectivity index (χ0v) is 24.4. The topological polar surface area (TPSA) is 82.1 Å². The number of fused-ring (bicyclic) bond motifs is 5. The molecule has 6 rings (SSSR count). The molecule has 0 N–H and O–H groups in total. The molecule has 1 saturated heterocycles. The van der Waals surface area contributed by atoms with Gasteiger partial charge in [-0.05, 0) is 24.3 Å². The van der Waals surface area contributed by atoms with Gasteiger partial charge in [0.15, 0.2) is 28.8 Å². The summed E-state index contributed by atoms with van der Waals surface area (Å²) in [6.45, 7) is 5.45. The van der Waals surface area contributed by atoms with Crippen LogP contribution >= 0.6 is 0 Å². The van der Waals surface area contributed by atoms with Crippen LogP contribution < -0.4 is 19.1 Å². The lowest BCUT2D eigenvalue weighted by molar-refractivity contribution is -0.127. The molecule has 2 aliphatic heterocycles. The fourth-order valence-corrected chi connectivity index (χ4v) is 7.10. The molecule has 0 aromatic heterocycles. The molecule has 3 atom stereocenters. The Morgan fingerprint density at radius 2 is 1.52 bits per heavy atom. The van der Waals surface area contributed by atoms with Crippen molar-refractivity contribution < 1.29 is 33.0 Å². The molecule has 1 fully saturated rings. The number of nitrogens with zero attached hydrogens (tertiary/aromatic N) is 1. The van der Waals surface area contributed by atoms with Crippen molar-refractivity contribution in [2.75, 3.05) is 26.2 Å². The number of halogens is 1. The quantitative estimate of drug-likeness (QED) is 0.354. The van der Waals surface area contributed by atoms with Crippen LogP contribution in [0.4, 0.5) is 10.1 Å². The first-order valence-corrected chi connectivity index (χ1v) is 13.8. The minimum absolute atomic E-state index is 0.173. The van der Waals surface area contributed by atoms with E-state index in [4.69, 9.17) is 14.2 Å². The highest BCUT2D eigenvalue weighted by atomic mass is 19.1. The number of carbonyl (C=O) groups is 3. The number of ketones is 3. The molecule has 0 radical (unpaired) electrons. The Labute approximate surface area is 243 Å². The normalized spacial score (nSPS) is 21.7. The zero-order chi connectivity index (χ0) is 30.1. The smallest absolute Gasteiger partial charge is 0.203 e. The predicted molar refractivity (Wildman–Crippen MR) is 156 cm³/mol. The molecule has 0 amide bonds. The molecule has 42 heavy (non-hydrogen) atoms. The third-order valence-electron chi connectivity index (χ3n) is 8.84. The molecule has 0 bridgehead atoms. The SMILES string of the molecule is COc1ccc([C@H]2[C@@H](C(=O)C(C)(C)C)N3c4ccc(F)cc4C=C[C@@H]3C23C(=O)c2ccccc2C3=O)c(OC)c1OC. The Bertz CT molecular complexity index is 1650. The lowest BCUT2D eigenvalue weighted by Crippen LogP contribution is -2.49. The molecule has 0 saturated carbocycles. The number of hydrogen-bond donors (Lipinski definition) is 0. The van der Waals surface area contributed by atoms with E-state index < -0.39 is 34.6 Å². The van der Waals surface area contributed by atoms with Crippen LogP contribution in [0.3, 0.4) is 0 Å². The lowest BCUT2D eigenvalue weighted by atomic mass is 9.63. The standard InChI is InChI=1S/C34H32FNO6/c1-33(2,3)32(39)27-26(22-13-15-24(40-4)29(42-6)28(22)41-5)34(30(37)20-9-7-8-10-21(20)31(34)38)25-16-11-18-17-19(35)12-14-23(18)36(25)27/h7-17,25-27H,1-6H3/t25-,26+,27+/m1/s1. The van der Waals surface area contributed by atoms with Crippen molar-refractivity contribution in [3.8, 4) is 17.2 Å². The van der Waals surface area contributed by atoms with E-state index in [1.54, 1.807) is 54.6 Å². The van der Waals surface area contributed by atoms with Gasteiger partial charge in [0.05, 0.1) is 33.4 Å². The largest absolute Gasteiger partial charge is 0.493 e. The summed E-state index contributed by atoms with van der Waals surface area (Å²) in [5, 5.41) is 0. The second kappa shape index (κ2) is 9.54. The van der Waals surface area contributed by atoms with Crippen LogP contribution in [0, 0.1) is 16.6 Å². The molecular formula is C34H32FNO6. The third-order valence-corrected chi connectivity index (χ3v) is 8.84. The minimum Gasteiger partial charge on any atom is -0.493 e. The van der Waals surface area contributed by atoms with Crippen LogP contribution in [-0.4, -0.2) is 50.8 Å². The van der Waals surface area contributed by atoms with Crippen molar-refractivity contribution in [1.82, 2.24) is 0 Å². The monoisotopic (exact) mass is 569 g/mol. The average molecular weight is 570 g/mol. The van der Waals surface area contributed by atoms with Crippen molar-refractivity contribution in [3.05, 3.63) is 88.7 Å². The fraction of sp³-hybridized carbons (Fsp3) is 0.324. The van der Waals surface area contributed by atoms with Crippen LogP contribution in [0.1, 0.15) is 58.5 Å². The van der Waals surface area contributed by atoms with Crippen LogP contribution in [-0.2, 0) is 4.79 Å². The number of ether oxygens (including phenoxy) is 3. The number of Topliss-reactive ketones (excluding diaryl/α,β-unsaturated/α-hetero) is 3. The second-order valence-electron chi connectivity index (χ2n) is 11.9. The number of methoxy groups -OCH3 is 3. The fourth-order valence-electron chi connectivity index (χ4n) is 7.10. The summed E-state index contributed by atoms with van der Waals surface area (Å²) >= 11 is 0. The second-order valence-corrected chi connectivity index (χ2v) is 11.9. The van der Waals surface area contributed by atoms with Crippen LogP contribution in [0.25, 0.3) is 6.08 Å². The van der Waals surface area contributed by atoms with Crippen molar-refractivity contribution in [1.29, 1.82) is 0 Å². The van der Waals surface area contributed by atoms with Crippen LogP contribution in [0.2, 0.25) is 0 Å². The Kier molecular flexibility index (Phi) is 6.29. The van der Waals surface area contributed by atoms with Gasteiger partial charge in [-0.25, -0.2) is 4.39 Å². The van der Waals surface area contributed by atoms with Gasteiger partial charge >= 0.3 is 0 Å². The summed E-state index contributed by atoms with van der Waals surface area (Å²) < 4.78 is 31.5. The van der Waals surface area contributed by atoms with Gasteiger partial charge in [-0.1, -0.05) is 63.3 Å². The number of rotatable bonds is 5. The average Bonchev–Trinajstić information content (AvgIpc) is 3.40. The van der Waals surface area contributed by atoms with Crippen molar-refractivity contribution in [2.45, 2.75) is 38.8 Å². The Morgan fingerprint density at radius 1 is 0.881 bits per heavy atom. The van der Waals surface area contributed by atoms with Crippen molar-refractivity contribution in [2.24, 2.45) is 10.8 Å². The first-order chi connectivity index (χ1) is 20.0. The summed E-state index contributed by atoms with van der Waals surface area (Å²) in [5.74, 6) is -1.36. The number of anilines is 1. The van der Waals surface area contributed by atoms with E-state index >= 15 is 0 Å². The maximum atomic E-state index is 14.8. The van der Waals surface area contributed by atoms with Gasteiger partial charge in [-0.15, -0.1) is 0 Å². The summed E-state index contributed by atoms with van der Waals surface area (Å²) in [4.78, 5) is 46.0. The van der Waals surface area contributed by atoms with Gasteiger partial charge in [-0.2, -0.15) is 0 Å². The molecule has 3 aromatic carbocycles. The number of carbonyl (C=O) groups excluding carboxylic acids is 3. The van der Waals surface area contributed by atoms with E-state index in [9.17, 15) is 18.8 Å². The molecule has 8 heteroatoms.